The van der Waals surface area contributed by atoms with Gasteiger partial charge in [0.25, 0.3) is 0 Å². The minimum atomic E-state index is -0.399. The molecule has 1 atom stereocenters. The summed E-state index contributed by atoms with van der Waals surface area (Å²) in [4.78, 5) is 28.5. The molecule has 7 nitrogen and oxygen atoms in total. The van der Waals surface area contributed by atoms with Gasteiger partial charge in [-0.05, 0) is 13.8 Å². The van der Waals surface area contributed by atoms with E-state index in [0.717, 1.165) is 5.69 Å². The Morgan fingerprint density at radius 1 is 1.36 bits per heavy atom. The van der Waals surface area contributed by atoms with Gasteiger partial charge in [0.2, 0.25) is 11.8 Å². The van der Waals surface area contributed by atoms with E-state index in [-0.39, 0.29) is 23.0 Å². The number of aryl methyl sites for hydroxylation is 1. The first-order valence-electron chi connectivity index (χ1n) is 7.77. The van der Waals surface area contributed by atoms with Crippen LogP contribution in [-0.4, -0.2) is 33.0 Å². The Morgan fingerprint density at radius 2 is 2.08 bits per heavy atom. The van der Waals surface area contributed by atoms with Gasteiger partial charge < -0.3 is 15.2 Å². The van der Waals surface area contributed by atoms with Gasteiger partial charge >= 0.3 is 0 Å². The fraction of sp³-hybridized carbons (Fsp3) is 0.500. The predicted molar refractivity (Wildman–Crippen MR) is 101 cm³/mol. The molecule has 0 spiro atoms. The van der Waals surface area contributed by atoms with Crippen molar-refractivity contribution in [2.75, 3.05) is 16.4 Å². The normalized spacial score (nSPS) is 12.7. The fourth-order valence-corrected chi connectivity index (χ4v) is 3.40. The van der Waals surface area contributed by atoms with Gasteiger partial charge in [0, 0.05) is 16.9 Å². The van der Waals surface area contributed by atoms with Gasteiger partial charge in [0.05, 0.1) is 16.7 Å². The van der Waals surface area contributed by atoms with Crippen LogP contribution in [0.2, 0.25) is 0 Å². The van der Waals surface area contributed by atoms with Gasteiger partial charge in [-0.3, -0.25) is 9.59 Å². The van der Waals surface area contributed by atoms with Crippen molar-refractivity contribution in [2.24, 2.45) is 0 Å². The second-order valence-corrected chi connectivity index (χ2v) is 8.79. The highest BCUT2D eigenvalue weighted by molar-refractivity contribution is 8.01. The first-order valence-corrected chi connectivity index (χ1v) is 9.69. The fourth-order valence-electron chi connectivity index (χ4n) is 1.76. The summed E-state index contributed by atoms with van der Waals surface area (Å²) in [6.07, 6.45) is 0. The number of nitrogens with zero attached hydrogens (tertiary/aromatic N) is 2. The van der Waals surface area contributed by atoms with Crippen molar-refractivity contribution in [1.82, 2.24) is 10.1 Å². The van der Waals surface area contributed by atoms with E-state index in [1.54, 1.807) is 19.9 Å². The summed E-state index contributed by atoms with van der Waals surface area (Å²) in [5, 5.41) is 11.2. The number of aromatic nitrogens is 2. The number of hydrogen-bond acceptors (Lipinski definition) is 7. The van der Waals surface area contributed by atoms with Gasteiger partial charge in [-0.2, -0.15) is 0 Å². The molecule has 0 aliphatic carbocycles. The second kappa shape index (κ2) is 8.01. The summed E-state index contributed by atoms with van der Waals surface area (Å²) in [6, 6.07) is 1.64. The summed E-state index contributed by atoms with van der Waals surface area (Å²) >= 11 is 2.64. The summed E-state index contributed by atoms with van der Waals surface area (Å²) in [6.45, 7) is 9.69. The number of hydrogen-bond donors (Lipinski definition) is 2. The van der Waals surface area contributed by atoms with Crippen molar-refractivity contribution in [3.05, 3.63) is 22.9 Å². The lowest BCUT2D eigenvalue weighted by molar-refractivity contribution is -0.115. The van der Waals surface area contributed by atoms with Gasteiger partial charge in [-0.15, -0.1) is 23.1 Å². The van der Waals surface area contributed by atoms with Crippen molar-refractivity contribution >= 4 is 45.9 Å². The highest BCUT2D eigenvalue weighted by Gasteiger charge is 2.19. The van der Waals surface area contributed by atoms with Crippen LogP contribution < -0.4 is 10.6 Å². The molecule has 0 aromatic carbocycles. The highest BCUT2D eigenvalue weighted by atomic mass is 32.2. The molecule has 0 fully saturated rings. The van der Waals surface area contributed by atoms with Gasteiger partial charge in [0.1, 0.15) is 5.76 Å². The molecular formula is C16H22N4O3S2. The Bertz CT molecular complexity index is 749. The number of carbonyl (C=O) groups excluding carboxylic acids is 2. The summed E-state index contributed by atoms with van der Waals surface area (Å²) in [5.74, 6) is 0.744. The maximum Gasteiger partial charge on any atom is 0.238 e. The zero-order valence-corrected chi connectivity index (χ0v) is 16.5. The lowest BCUT2D eigenvalue weighted by Gasteiger charge is -2.14. The molecule has 0 aliphatic rings. The van der Waals surface area contributed by atoms with Crippen LogP contribution in [0.4, 0.5) is 10.9 Å². The number of thioether (sulfide) groups is 1. The van der Waals surface area contributed by atoms with Crippen molar-refractivity contribution < 1.29 is 14.1 Å². The Balaban J connectivity index is 1.79. The molecule has 0 bridgehead atoms. The summed E-state index contributed by atoms with van der Waals surface area (Å²) in [7, 11) is 0. The number of rotatable bonds is 6. The zero-order valence-electron chi connectivity index (χ0n) is 14.9. The molecule has 2 aromatic rings. The van der Waals surface area contributed by atoms with E-state index in [9.17, 15) is 9.59 Å². The number of nitrogens with one attached hydrogen (secondary N) is 2. The summed E-state index contributed by atoms with van der Waals surface area (Å²) < 4.78 is 4.89. The topological polar surface area (TPSA) is 97.1 Å². The number of thiazole rings is 1. The van der Waals surface area contributed by atoms with E-state index in [1.165, 1.54) is 23.1 Å². The third-order valence-corrected chi connectivity index (χ3v) is 5.13. The van der Waals surface area contributed by atoms with E-state index in [0.29, 0.717) is 16.7 Å². The lowest BCUT2D eigenvalue weighted by atomic mass is 9.93. The number of carbonyl (C=O) groups is 2. The molecule has 2 N–H and O–H groups in total. The van der Waals surface area contributed by atoms with Crippen LogP contribution in [-0.2, 0) is 15.0 Å². The molecule has 0 saturated heterocycles. The molecule has 0 unspecified atom stereocenters. The Labute approximate surface area is 155 Å². The van der Waals surface area contributed by atoms with Crippen molar-refractivity contribution in [2.45, 2.75) is 45.3 Å². The molecule has 136 valence electrons. The van der Waals surface area contributed by atoms with Crippen LogP contribution in [0.3, 0.4) is 0 Å². The van der Waals surface area contributed by atoms with E-state index >= 15 is 0 Å². The van der Waals surface area contributed by atoms with Crippen molar-refractivity contribution in [3.63, 3.8) is 0 Å². The Morgan fingerprint density at radius 3 is 2.64 bits per heavy atom. The minimum Gasteiger partial charge on any atom is -0.360 e. The first-order chi connectivity index (χ1) is 11.6. The molecular weight excluding hydrogens is 360 g/mol. The molecule has 0 saturated carbocycles. The van der Waals surface area contributed by atoms with Gasteiger partial charge in [0.15, 0.2) is 10.9 Å². The van der Waals surface area contributed by atoms with E-state index in [1.807, 2.05) is 5.38 Å². The lowest BCUT2D eigenvalue weighted by Crippen LogP contribution is -2.25. The molecule has 2 heterocycles. The average Bonchev–Trinajstić information content (AvgIpc) is 3.13. The Hall–Kier alpha value is -1.87. The van der Waals surface area contributed by atoms with Crippen LogP contribution in [0, 0.1) is 6.92 Å². The Kier molecular flexibility index (Phi) is 6.23. The third-order valence-electron chi connectivity index (χ3n) is 3.23. The zero-order chi connectivity index (χ0) is 18.6. The molecule has 0 aliphatic heterocycles. The SMILES string of the molecule is Cc1cc(NC(=O)[C@H](C)SCC(=O)Nc2nc(C(C)(C)C)cs2)no1. The first kappa shape index (κ1) is 19.5. The molecule has 2 rings (SSSR count). The second-order valence-electron chi connectivity index (χ2n) is 6.60. The van der Waals surface area contributed by atoms with E-state index in [4.69, 9.17) is 4.52 Å². The van der Waals surface area contributed by atoms with Crippen LogP contribution in [0.5, 0.6) is 0 Å². The number of amides is 2. The van der Waals surface area contributed by atoms with Gasteiger partial charge in [-0.1, -0.05) is 25.9 Å². The highest BCUT2D eigenvalue weighted by Crippen LogP contribution is 2.26. The van der Waals surface area contributed by atoms with E-state index in [2.05, 4.69) is 41.5 Å². The smallest absolute Gasteiger partial charge is 0.238 e. The quantitative estimate of drug-likeness (QED) is 0.794. The van der Waals surface area contributed by atoms with Crippen LogP contribution in [0.1, 0.15) is 39.1 Å². The monoisotopic (exact) mass is 382 g/mol. The molecule has 25 heavy (non-hydrogen) atoms. The predicted octanol–water partition coefficient (Wildman–Crippen LogP) is 3.44. The number of anilines is 2. The van der Waals surface area contributed by atoms with Crippen LogP contribution >= 0.6 is 23.1 Å². The van der Waals surface area contributed by atoms with E-state index < -0.39 is 5.25 Å². The van der Waals surface area contributed by atoms with Crippen LogP contribution in [0.25, 0.3) is 0 Å². The minimum absolute atomic E-state index is 0.0553. The van der Waals surface area contributed by atoms with Crippen molar-refractivity contribution in [1.29, 1.82) is 0 Å². The van der Waals surface area contributed by atoms with Crippen LogP contribution in [0.15, 0.2) is 16.0 Å². The maximum atomic E-state index is 12.1. The maximum absolute atomic E-state index is 12.1. The summed E-state index contributed by atoms with van der Waals surface area (Å²) in [5.41, 5.74) is 0.886. The van der Waals surface area contributed by atoms with Crippen molar-refractivity contribution in [3.8, 4) is 0 Å². The standard InChI is InChI=1S/C16H22N4O3S2/c1-9-6-12(20-23-9)18-14(22)10(2)24-8-13(21)19-15-17-11(7-25-15)16(3,4)5/h6-7,10H,8H2,1-5H3,(H,17,19,21)(H,18,20,22)/t10-/m0/s1. The average molecular weight is 383 g/mol. The molecule has 2 aromatic heterocycles. The largest absolute Gasteiger partial charge is 0.360 e. The molecule has 9 heteroatoms. The molecule has 2 amide bonds. The third kappa shape index (κ3) is 5.86. The van der Waals surface area contributed by atoms with Gasteiger partial charge in [-0.25, -0.2) is 4.98 Å². The molecule has 0 radical (unpaired) electrons.